The van der Waals surface area contributed by atoms with E-state index >= 15 is 0 Å². The van der Waals surface area contributed by atoms with Gasteiger partial charge in [-0.25, -0.2) is 0 Å². The molecular weight excluding hydrogens is 118 g/mol. The van der Waals surface area contributed by atoms with Crippen molar-refractivity contribution in [3.8, 4) is 0 Å². The van der Waals surface area contributed by atoms with Gasteiger partial charge in [0.15, 0.2) is 12.0 Å². The van der Waals surface area contributed by atoms with Gasteiger partial charge in [-0.05, 0) is 21.0 Å². The Hall–Kier alpha value is -0.410. The summed E-state index contributed by atoms with van der Waals surface area (Å²) in [5.41, 5.74) is 0. The lowest BCUT2D eigenvalue weighted by Crippen LogP contribution is -2.35. The van der Waals surface area contributed by atoms with E-state index in [-0.39, 0.29) is 12.0 Å². The molecule has 1 unspecified atom stereocenters. The van der Waals surface area contributed by atoms with Crippen LogP contribution in [0, 0.1) is 0 Å². The maximum absolute atomic E-state index is 10.6. The minimum atomic E-state index is -0.384. The van der Waals surface area contributed by atoms with Crippen LogP contribution >= 0.6 is 0 Å². The van der Waals surface area contributed by atoms with Crippen molar-refractivity contribution in [1.29, 1.82) is 0 Å². The molecule has 0 rings (SSSR count). The number of methoxy groups -OCH3 is 1. The second kappa shape index (κ2) is 3.58. The molecule has 0 aromatic heterocycles. The summed E-state index contributed by atoms with van der Waals surface area (Å²) >= 11 is 0. The third kappa shape index (κ3) is 2.58. The van der Waals surface area contributed by atoms with E-state index in [9.17, 15) is 4.79 Å². The van der Waals surface area contributed by atoms with Crippen LogP contribution in [0.5, 0.6) is 0 Å². The third-order valence-corrected chi connectivity index (χ3v) is 1.04. The van der Waals surface area contributed by atoms with Crippen molar-refractivity contribution < 1.29 is 9.53 Å². The number of carbonyl (C=O) groups is 1. The molecule has 54 valence electrons. The van der Waals surface area contributed by atoms with Gasteiger partial charge in [0.25, 0.3) is 0 Å². The number of ether oxygens (including phenoxy) is 1. The van der Waals surface area contributed by atoms with Gasteiger partial charge in [-0.2, -0.15) is 0 Å². The maximum atomic E-state index is 10.6. The summed E-state index contributed by atoms with van der Waals surface area (Å²) in [6, 6.07) is 0. The molecule has 0 spiro atoms. The predicted octanol–water partition coefficient (Wildman–Crippen LogP) is 0.109. The second-order valence-electron chi connectivity index (χ2n) is 2.16. The van der Waals surface area contributed by atoms with Crippen molar-refractivity contribution in [1.82, 2.24) is 4.90 Å². The Bertz CT molecular complexity index is 101. The average molecular weight is 131 g/mol. The molecule has 0 aliphatic carbocycles. The lowest BCUT2D eigenvalue weighted by Gasteiger charge is -2.18. The number of hydrogen-bond acceptors (Lipinski definition) is 3. The van der Waals surface area contributed by atoms with E-state index in [1.165, 1.54) is 14.0 Å². The first kappa shape index (κ1) is 8.59. The highest BCUT2D eigenvalue weighted by atomic mass is 16.5. The van der Waals surface area contributed by atoms with E-state index in [0.717, 1.165) is 0 Å². The van der Waals surface area contributed by atoms with Crippen LogP contribution in [-0.2, 0) is 9.53 Å². The number of carbonyl (C=O) groups excluding carboxylic acids is 1. The largest absolute Gasteiger partial charge is 0.359 e. The molecular formula is C6H13NO2. The van der Waals surface area contributed by atoms with Crippen LogP contribution < -0.4 is 0 Å². The van der Waals surface area contributed by atoms with Crippen LogP contribution in [-0.4, -0.2) is 38.1 Å². The first-order valence-corrected chi connectivity index (χ1v) is 2.79. The van der Waals surface area contributed by atoms with Crippen molar-refractivity contribution in [2.75, 3.05) is 21.2 Å². The molecule has 0 amide bonds. The van der Waals surface area contributed by atoms with Crippen LogP contribution in [0.15, 0.2) is 0 Å². The normalized spacial score (nSPS) is 13.9. The summed E-state index contributed by atoms with van der Waals surface area (Å²) in [6.07, 6.45) is -0.384. The highest BCUT2D eigenvalue weighted by Gasteiger charge is 2.13. The zero-order valence-electron chi connectivity index (χ0n) is 6.34. The van der Waals surface area contributed by atoms with Gasteiger partial charge in [0.05, 0.1) is 0 Å². The highest BCUT2D eigenvalue weighted by Crippen LogP contribution is 1.93. The lowest BCUT2D eigenvalue weighted by molar-refractivity contribution is -0.135. The fourth-order valence-corrected chi connectivity index (χ4v) is 0.740. The first-order valence-electron chi connectivity index (χ1n) is 2.79. The summed E-state index contributed by atoms with van der Waals surface area (Å²) in [7, 11) is 5.12. The van der Waals surface area contributed by atoms with Crippen molar-refractivity contribution in [2.45, 2.75) is 13.2 Å². The van der Waals surface area contributed by atoms with Crippen LogP contribution in [0.25, 0.3) is 0 Å². The molecule has 0 aromatic rings. The van der Waals surface area contributed by atoms with Gasteiger partial charge in [0, 0.05) is 7.11 Å². The molecule has 0 aliphatic heterocycles. The molecule has 0 aromatic carbocycles. The van der Waals surface area contributed by atoms with E-state index in [0.29, 0.717) is 0 Å². The van der Waals surface area contributed by atoms with Crippen LogP contribution in [0.3, 0.4) is 0 Å². The van der Waals surface area contributed by atoms with Gasteiger partial charge >= 0.3 is 0 Å². The third-order valence-electron chi connectivity index (χ3n) is 1.04. The highest BCUT2D eigenvalue weighted by molar-refractivity contribution is 5.79. The molecule has 0 saturated carbocycles. The first-order chi connectivity index (χ1) is 4.09. The molecule has 3 heteroatoms. The van der Waals surface area contributed by atoms with E-state index < -0.39 is 0 Å². The minimum absolute atomic E-state index is 0.0301. The summed E-state index contributed by atoms with van der Waals surface area (Å²) < 4.78 is 4.85. The summed E-state index contributed by atoms with van der Waals surface area (Å²) in [5, 5.41) is 0. The van der Waals surface area contributed by atoms with Crippen molar-refractivity contribution in [3.63, 3.8) is 0 Å². The van der Waals surface area contributed by atoms with Crippen molar-refractivity contribution in [2.24, 2.45) is 0 Å². The van der Waals surface area contributed by atoms with Crippen molar-refractivity contribution in [3.05, 3.63) is 0 Å². The van der Waals surface area contributed by atoms with Gasteiger partial charge in [-0.1, -0.05) is 0 Å². The maximum Gasteiger partial charge on any atom is 0.173 e. The topological polar surface area (TPSA) is 29.5 Å². The predicted molar refractivity (Wildman–Crippen MR) is 35.2 cm³/mol. The molecule has 0 N–H and O–H groups in total. The summed E-state index contributed by atoms with van der Waals surface area (Å²) in [4.78, 5) is 12.4. The zero-order valence-corrected chi connectivity index (χ0v) is 6.34. The standard InChI is InChI=1S/C6H13NO2/c1-5(8)6(9-4)7(2)3/h6H,1-4H3. The van der Waals surface area contributed by atoms with Crippen LogP contribution in [0.2, 0.25) is 0 Å². The molecule has 0 radical (unpaired) electrons. The van der Waals surface area contributed by atoms with E-state index in [1.807, 2.05) is 0 Å². The van der Waals surface area contributed by atoms with E-state index in [1.54, 1.807) is 19.0 Å². The number of hydrogen-bond donors (Lipinski definition) is 0. The number of likely N-dealkylation sites (N-methyl/N-ethyl adjacent to an activating group) is 1. The van der Waals surface area contributed by atoms with Crippen LogP contribution in [0.1, 0.15) is 6.92 Å². The Balaban J connectivity index is 3.83. The molecule has 0 bridgehead atoms. The molecule has 0 aliphatic rings. The smallest absolute Gasteiger partial charge is 0.173 e. The second-order valence-corrected chi connectivity index (χ2v) is 2.16. The number of Topliss-reactive ketones (excluding diaryl/α,β-unsaturated/α-hetero) is 1. The zero-order chi connectivity index (χ0) is 7.44. The van der Waals surface area contributed by atoms with Gasteiger partial charge in [0.1, 0.15) is 0 Å². The monoisotopic (exact) mass is 131 g/mol. The van der Waals surface area contributed by atoms with Gasteiger partial charge in [-0.3, -0.25) is 9.69 Å². The number of rotatable bonds is 3. The molecule has 0 saturated heterocycles. The molecule has 9 heavy (non-hydrogen) atoms. The number of nitrogens with zero attached hydrogens (tertiary/aromatic N) is 1. The van der Waals surface area contributed by atoms with E-state index in [2.05, 4.69) is 0 Å². The van der Waals surface area contributed by atoms with Gasteiger partial charge in [-0.15, -0.1) is 0 Å². The van der Waals surface area contributed by atoms with Gasteiger partial charge < -0.3 is 4.74 Å². The molecule has 3 nitrogen and oxygen atoms in total. The van der Waals surface area contributed by atoms with Crippen LogP contribution in [0.4, 0.5) is 0 Å². The minimum Gasteiger partial charge on any atom is -0.359 e. The molecule has 1 atom stereocenters. The molecule has 0 heterocycles. The Morgan fingerprint density at radius 3 is 2.00 bits per heavy atom. The Kier molecular flexibility index (Phi) is 3.42. The average Bonchev–Trinajstić information content (AvgIpc) is 1.64. The Morgan fingerprint density at radius 2 is 2.00 bits per heavy atom. The summed E-state index contributed by atoms with van der Waals surface area (Å²) in [6.45, 7) is 1.51. The lowest BCUT2D eigenvalue weighted by atomic mass is 10.4. The Morgan fingerprint density at radius 1 is 1.56 bits per heavy atom. The Labute approximate surface area is 55.6 Å². The van der Waals surface area contributed by atoms with Crippen molar-refractivity contribution >= 4 is 5.78 Å². The van der Waals surface area contributed by atoms with E-state index in [4.69, 9.17) is 4.74 Å². The number of ketones is 1. The SMILES string of the molecule is COC(C(C)=O)N(C)C. The van der Waals surface area contributed by atoms with Gasteiger partial charge in [0.2, 0.25) is 0 Å². The summed E-state index contributed by atoms with van der Waals surface area (Å²) in [5.74, 6) is 0.0301. The fraction of sp³-hybridized carbons (Fsp3) is 0.833. The molecule has 0 fully saturated rings. The fourth-order valence-electron chi connectivity index (χ4n) is 0.740. The quantitative estimate of drug-likeness (QED) is 0.509.